The summed E-state index contributed by atoms with van der Waals surface area (Å²) in [4.78, 5) is 41.7. The van der Waals surface area contributed by atoms with Crippen molar-refractivity contribution < 1.29 is 23.5 Å². The number of ether oxygens (including phenoxy) is 1. The van der Waals surface area contributed by atoms with Crippen LogP contribution in [0.15, 0.2) is 73.2 Å². The predicted octanol–water partition coefficient (Wildman–Crippen LogP) is 3.02. The fourth-order valence-electron chi connectivity index (χ4n) is 3.54. The number of amides is 2. The molecule has 198 valence electrons. The van der Waals surface area contributed by atoms with Crippen molar-refractivity contribution in [2.45, 2.75) is 12.5 Å². The first-order valence-corrected chi connectivity index (χ1v) is 11.8. The van der Waals surface area contributed by atoms with E-state index in [1.54, 1.807) is 0 Å². The molecule has 0 bridgehead atoms. The van der Waals surface area contributed by atoms with Crippen molar-refractivity contribution in [3.8, 4) is 5.69 Å². The van der Waals surface area contributed by atoms with Gasteiger partial charge in [0.1, 0.15) is 18.2 Å². The lowest BCUT2D eigenvalue weighted by atomic mass is 10.0. The molecule has 0 saturated carbocycles. The second-order valence-electron chi connectivity index (χ2n) is 8.05. The van der Waals surface area contributed by atoms with Gasteiger partial charge in [-0.1, -0.05) is 41.9 Å². The van der Waals surface area contributed by atoms with Gasteiger partial charge in [0.15, 0.2) is 5.82 Å². The molecule has 0 unspecified atom stereocenters. The van der Waals surface area contributed by atoms with Crippen LogP contribution in [0.5, 0.6) is 0 Å². The van der Waals surface area contributed by atoms with Crippen LogP contribution in [0.2, 0.25) is 5.02 Å². The van der Waals surface area contributed by atoms with Gasteiger partial charge in [-0.15, -0.1) is 5.10 Å². The van der Waals surface area contributed by atoms with E-state index in [2.05, 4.69) is 35.9 Å². The third kappa shape index (κ3) is 6.87. The van der Waals surface area contributed by atoms with E-state index in [0.29, 0.717) is 0 Å². The van der Waals surface area contributed by atoms with Crippen molar-refractivity contribution >= 4 is 41.3 Å². The first-order valence-electron chi connectivity index (χ1n) is 11.4. The van der Waals surface area contributed by atoms with Crippen LogP contribution in [0.3, 0.4) is 0 Å². The number of aromatic nitrogens is 5. The van der Waals surface area contributed by atoms with Crippen molar-refractivity contribution in [1.82, 2.24) is 30.5 Å². The lowest BCUT2D eigenvalue weighted by Gasteiger charge is -2.18. The fourth-order valence-corrected chi connectivity index (χ4v) is 3.71. The van der Waals surface area contributed by atoms with Gasteiger partial charge in [0.2, 0.25) is 11.8 Å². The van der Waals surface area contributed by atoms with E-state index in [1.807, 2.05) is 30.3 Å². The highest BCUT2D eigenvalue weighted by atomic mass is 35.5. The van der Waals surface area contributed by atoms with Crippen molar-refractivity contribution in [3.05, 3.63) is 101 Å². The van der Waals surface area contributed by atoms with Crippen LogP contribution in [0.1, 0.15) is 21.5 Å². The second-order valence-corrected chi connectivity index (χ2v) is 8.45. The summed E-state index contributed by atoms with van der Waals surface area (Å²) in [5, 5.41) is 15.9. The Morgan fingerprint density at radius 1 is 1.13 bits per heavy atom. The summed E-state index contributed by atoms with van der Waals surface area (Å²) in [5.41, 5.74) is 1.23. The molecule has 0 spiro atoms. The molecule has 1 atom stereocenters. The number of carbonyl (C=O) groups excluding carboxylic acids is 3. The van der Waals surface area contributed by atoms with Crippen LogP contribution in [-0.2, 0) is 20.7 Å². The number of benzene rings is 2. The number of halogens is 2. The van der Waals surface area contributed by atoms with Gasteiger partial charge in [0, 0.05) is 24.3 Å². The van der Waals surface area contributed by atoms with E-state index in [1.165, 1.54) is 54.7 Å². The molecule has 2 aromatic carbocycles. The molecule has 4 aromatic rings. The number of pyridine rings is 1. The van der Waals surface area contributed by atoms with E-state index < -0.39 is 29.6 Å². The highest BCUT2D eigenvalue weighted by Gasteiger charge is 2.22. The normalized spacial score (nSPS) is 11.7. The maximum Gasteiger partial charge on any atom is 0.339 e. The Bertz CT molecular complexity index is 1500. The highest BCUT2D eigenvalue weighted by Crippen LogP contribution is 2.25. The average molecular weight is 550 g/mol. The van der Waals surface area contributed by atoms with Gasteiger partial charge in [0.05, 0.1) is 23.4 Å². The van der Waals surface area contributed by atoms with Gasteiger partial charge in [-0.05, 0) is 46.3 Å². The summed E-state index contributed by atoms with van der Waals surface area (Å²) < 4.78 is 20.7. The number of esters is 1. The quantitative estimate of drug-likeness (QED) is 0.240. The molecule has 39 heavy (non-hydrogen) atoms. The summed E-state index contributed by atoms with van der Waals surface area (Å²) >= 11 is 5.94. The number of carbonyl (C=O) groups is 3. The molecule has 2 heterocycles. The van der Waals surface area contributed by atoms with Crippen molar-refractivity contribution in [2.24, 2.45) is 0 Å². The molecular formula is C26H21ClFN7O4. The van der Waals surface area contributed by atoms with Crippen LogP contribution in [-0.4, -0.2) is 56.1 Å². The number of methoxy groups -OCH3 is 1. The highest BCUT2D eigenvalue weighted by molar-refractivity contribution is 6.31. The number of tetrazole rings is 1. The summed E-state index contributed by atoms with van der Waals surface area (Å²) in [5.74, 6) is -2.39. The number of rotatable bonds is 9. The molecule has 0 aliphatic rings. The smallest absolute Gasteiger partial charge is 0.339 e. The van der Waals surface area contributed by atoms with Crippen molar-refractivity contribution in [1.29, 1.82) is 0 Å². The van der Waals surface area contributed by atoms with Gasteiger partial charge in [0.25, 0.3) is 0 Å². The van der Waals surface area contributed by atoms with E-state index in [-0.39, 0.29) is 34.1 Å². The second kappa shape index (κ2) is 12.5. The minimum atomic E-state index is -1.02. The molecule has 2 amide bonds. The Kier molecular flexibility index (Phi) is 8.69. The third-order valence-electron chi connectivity index (χ3n) is 5.46. The Morgan fingerprint density at radius 3 is 2.59 bits per heavy atom. The van der Waals surface area contributed by atoms with Crippen LogP contribution < -0.4 is 10.6 Å². The van der Waals surface area contributed by atoms with Crippen LogP contribution >= 0.6 is 11.6 Å². The maximum atomic E-state index is 14.8. The zero-order valence-corrected chi connectivity index (χ0v) is 21.2. The van der Waals surface area contributed by atoms with Gasteiger partial charge in [-0.3, -0.25) is 9.59 Å². The lowest BCUT2D eigenvalue weighted by molar-refractivity contribution is -0.123. The Morgan fingerprint density at radius 2 is 1.92 bits per heavy atom. The molecule has 2 aromatic heterocycles. The van der Waals surface area contributed by atoms with Gasteiger partial charge < -0.3 is 15.4 Å². The summed E-state index contributed by atoms with van der Waals surface area (Å²) in [6.07, 6.45) is 4.99. The van der Waals surface area contributed by atoms with Crippen LogP contribution in [0.4, 0.5) is 10.2 Å². The number of nitrogens with zero attached hydrogens (tertiary/aromatic N) is 5. The number of anilines is 1. The molecule has 11 nitrogen and oxygen atoms in total. The van der Waals surface area contributed by atoms with Crippen molar-refractivity contribution in [3.63, 3.8) is 0 Å². The predicted molar refractivity (Wildman–Crippen MR) is 139 cm³/mol. The minimum absolute atomic E-state index is 0.0242. The molecular weight excluding hydrogens is 529 g/mol. The molecule has 0 aliphatic carbocycles. The van der Waals surface area contributed by atoms with Gasteiger partial charge in [-0.2, -0.15) is 4.68 Å². The summed E-state index contributed by atoms with van der Waals surface area (Å²) in [7, 11) is 1.25. The lowest BCUT2D eigenvalue weighted by Crippen LogP contribution is -2.44. The van der Waals surface area contributed by atoms with E-state index in [9.17, 15) is 18.8 Å². The Balaban J connectivity index is 1.54. The largest absolute Gasteiger partial charge is 0.465 e. The van der Waals surface area contributed by atoms with Crippen LogP contribution in [0.25, 0.3) is 11.8 Å². The molecule has 0 aliphatic heterocycles. The average Bonchev–Trinajstić information content (AvgIpc) is 3.49. The van der Waals surface area contributed by atoms with E-state index in [0.717, 1.165) is 11.6 Å². The molecule has 13 heteroatoms. The maximum absolute atomic E-state index is 14.8. The zero-order chi connectivity index (χ0) is 27.8. The number of hydrogen-bond donors (Lipinski definition) is 2. The molecule has 4 rings (SSSR count). The molecule has 0 saturated heterocycles. The van der Waals surface area contributed by atoms with E-state index >= 15 is 0 Å². The first kappa shape index (κ1) is 27.1. The summed E-state index contributed by atoms with van der Waals surface area (Å²) in [6.45, 7) is 0. The molecule has 2 N–H and O–H groups in total. The first-order chi connectivity index (χ1) is 18.9. The van der Waals surface area contributed by atoms with Gasteiger partial charge in [-0.25, -0.2) is 14.2 Å². The minimum Gasteiger partial charge on any atom is -0.465 e. The molecule has 0 fully saturated rings. The number of hydrogen-bond acceptors (Lipinski definition) is 8. The van der Waals surface area contributed by atoms with Crippen molar-refractivity contribution in [2.75, 3.05) is 12.4 Å². The van der Waals surface area contributed by atoms with Gasteiger partial charge >= 0.3 is 5.97 Å². The third-order valence-corrected chi connectivity index (χ3v) is 5.75. The monoisotopic (exact) mass is 549 g/mol. The van der Waals surface area contributed by atoms with Crippen LogP contribution in [0, 0.1) is 5.82 Å². The standard InChI is InChI=1S/C26H21ClFN7O4/c1-39-26(38)17-7-11-22(29-14-17)32-25(37)20(13-16-5-3-2-4-6-16)31-23(36)12-8-18-21(35-15-30-33-34-35)10-9-19(27)24(18)28/h2-12,14-15,20H,13H2,1H3,(H,31,36)(H,29,32,37)/b12-8+/t20-/m0/s1. The molecule has 0 radical (unpaired) electrons. The summed E-state index contributed by atoms with van der Waals surface area (Å²) in [6, 6.07) is 13.8. The Hall–Kier alpha value is -4.97. The topological polar surface area (TPSA) is 141 Å². The zero-order valence-electron chi connectivity index (χ0n) is 20.4. The Labute approximate surface area is 226 Å². The fraction of sp³-hybridized carbons (Fsp3) is 0.115. The SMILES string of the molecule is COC(=O)c1ccc(NC(=O)[C@H](Cc2ccccc2)NC(=O)/C=C/c2c(-n3cnnn3)ccc(Cl)c2F)nc1. The number of nitrogens with one attached hydrogen (secondary N) is 2. The van der Waals surface area contributed by atoms with E-state index in [4.69, 9.17) is 11.6 Å².